The van der Waals surface area contributed by atoms with Gasteiger partial charge in [0.25, 0.3) is 0 Å². The van der Waals surface area contributed by atoms with Gasteiger partial charge in [-0.15, -0.1) is 6.58 Å². The number of thioether (sulfide) groups is 1. The molecule has 1 amide bonds. The average molecular weight is 349 g/mol. The summed E-state index contributed by atoms with van der Waals surface area (Å²) in [4.78, 5) is 19.3. The molecule has 0 unspecified atom stereocenters. The number of imidazole rings is 1. The molecule has 4 nitrogen and oxygen atoms in total. The fourth-order valence-electron chi connectivity index (χ4n) is 3.27. The van der Waals surface area contributed by atoms with Gasteiger partial charge in [0.15, 0.2) is 5.16 Å². The van der Waals surface area contributed by atoms with E-state index in [1.165, 1.54) is 17.3 Å². The third-order valence-electron chi connectivity index (χ3n) is 4.44. The van der Waals surface area contributed by atoms with E-state index in [1.807, 2.05) is 47.4 Å². The van der Waals surface area contributed by atoms with Gasteiger partial charge in [0, 0.05) is 18.8 Å². The second-order valence-corrected chi connectivity index (χ2v) is 6.94. The van der Waals surface area contributed by atoms with Gasteiger partial charge in [-0.3, -0.25) is 4.79 Å². The van der Waals surface area contributed by atoms with E-state index in [-0.39, 0.29) is 5.91 Å². The third kappa shape index (κ3) is 2.96. The van der Waals surface area contributed by atoms with Crippen LogP contribution in [0.15, 0.2) is 66.3 Å². The van der Waals surface area contributed by atoms with Crippen LogP contribution in [0.1, 0.15) is 5.56 Å². The van der Waals surface area contributed by atoms with Crippen LogP contribution < -0.4 is 4.90 Å². The first-order valence-electron chi connectivity index (χ1n) is 8.35. The number of hydrogen-bond acceptors (Lipinski definition) is 3. The fourth-order valence-corrected chi connectivity index (χ4v) is 4.17. The molecule has 0 atom stereocenters. The highest BCUT2D eigenvalue weighted by Gasteiger charge is 2.24. The summed E-state index contributed by atoms with van der Waals surface area (Å²) in [5, 5.41) is 0.863. The monoisotopic (exact) mass is 349 g/mol. The SMILES string of the molecule is C=CCn1c(SCC(=O)N2CCc3ccccc32)nc2ccccc21. The Morgan fingerprint density at radius 1 is 1.20 bits per heavy atom. The molecule has 4 rings (SSSR count). The van der Waals surface area contributed by atoms with Gasteiger partial charge in [0.05, 0.1) is 16.8 Å². The summed E-state index contributed by atoms with van der Waals surface area (Å²) in [6.45, 7) is 5.28. The van der Waals surface area contributed by atoms with Crippen molar-refractivity contribution in [3.8, 4) is 0 Å². The van der Waals surface area contributed by atoms with Crippen molar-refractivity contribution < 1.29 is 4.79 Å². The number of benzene rings is 2. The van der Waals surface area contributed by atoms with Crippen LogP contribution in [0.3, 0.4) is 0 Å². The van der Waals surface area contributed by atoms with Crippen LogP contribution in [0, 0.1) is 0 Å². The van der Waals surface area contributed by atoms with Gasteiger partial charge in [-0.2, -0.15) is 0 Å². The van der Waals surface area contributed by atoms with Gasteiger partial charge in [-0.1, -0.05) is 48.2 Å². The number of rotatable bonds is 5. The number of carbonyl (C=O) groups is 1. The highest BCUT2D eigenvalue weighted by molar-refractivity contribution is 7.99. The Hall–Kier alpha value is -2.53. The minimum absolute atomic E-state index is 0.132. The molecule has 126 valence electrons. The maximum atomic E-state index is 12.7. The lowest BCUT2D eigenvalue weighted by Gasteiger charge is -2.17. The number of anilines is 1. The molecular formula is C20H19N3OS. The topological polar surface area (TPSA) is 38.1 Å². The Labute approximate surface area is 151 Å². The number of aromatic nitrogens is 2. The molecule has 2 aromatic carbocycles. The van der Waals surface area contributed by atoms with Crippen molar-refractivity contribution in [1.82, 2.24) is 9.55 Å². The second-order valence-electron chi connectivity index (χ2n) is 6.00. The van der Waals surface area contributed by atoms with E-state index in [0.717, 1.165) is 34.8 Å². The molecule has 0 saturated carbocycles. The molecule has 0 aliphatic carbocycles. The van der Waals surface area contributed by atoms with Gasteiger partial charge in [0.1, 0.15) is 0 Å². The maximum Gasteiger partial charge on any atom is 0.237 e. The first kappa shape index (κ1) is 16.0. The van der Waals surface area contributed by atoms with Gasteiger partial charge in [0.2, 0.25) is 5.91 Å². The van der Waals surface area contributed by atoms with Gasteiger partial charge >= 0.3 is 0 Å². The van der Waals surface area contributed by atoms with Crippen molar-refractivity contribution in [3.63, 3.8) is 0 Å². The summed E-state index contributed by atoms with van der Waals surface area (Å²) in [5.74, 6) is 0.515. The van der Waals surface area contributed by atoms with E-state index in [0.29, 0.717) is 12.3 Å². The van der Waals surface area contributed by atoms with Crippen LogP contribution in [0.4, 0.5) is 5.69 Å². The first-order chi connectivity index (χ1) is 12.3. The van der Waals surface area contributed by atoms with Crippen LogP contribution >= 0.6 is 11.8 Å². The predicted octanol–water partition coefficient (Wildman–Crippen LogP) is 3.90. The normalized spacial score (nSPS) is 13.2. The number of carbonyl (C=O) groups excluding carboxylic acids is 1. The lowest BCUT2D eigenvalue weighted by Crippen LogP contribution is -2.30. The Kier molecular flexibility index (Phi) is 4.32. The van der Waals surface area contributed by atoms with Crippen molar-refractivity contribution in [2.75, 3.05) is 17.2 Å². The number of nitrogens with zero attached hydrogens (tertiary/aromatic N) is 3. The molecular weight excluding hydrogens is 330 g/mol. The quantitative estimate of drug-likeness (QED) is 0.518. The molecule has 25 heavy (non-hydrogen) atoms. The van der Waals surface area contributed by atoms with Crippen LogP contribution in [0.25, 0.3) is 11.0 Å². The van der Waals surface area contributed by atoms with Gasteiger partial charge in [-0.25, -0.2) is 4.98 Å². The molecule has 0 bridgehead atoms. The van der Waals surface area contributed by atoms with E-state index in [9.17, 15) is 4.79 Å². The molecule has 1 aliphatic heterocycles. The zero-order valence-electron chi connectivity index (χ0n) is 13.9. The van der Waals surface area contributed by atoms with Crippen LogP contribution in [-0.4, -0.2) is 27.8 Å². The number of hydrogen-bond donors (Lipinski definition) is 0. The smallest absolute Gasteiger partial charge is 0.237 e. The molecule has 1 aromatic heterocycles. The molecule has 3 aromatic rings. The van der Waals surface area contributed by atoms with Crippen molar-refractivity contribution >= 4 is 34.4 Å². The Balaban J connectivity index is 1.54. The Morgan fingerprint density at radius 3 is 2.88 bits per heavy atom. The molecule has 0 radical (unpaired) electrons. The largest absolute Gasteiger partial charge is 0.315 e. The number of fused-ring (bicyclic) bond motifs is 2. The molecule has 5 heteroatoms. The van der Waals surface area contributed by atoms with Gasteiger partial charge in [-0.05, 0) is 30.2 Å². The van der Waals surface area contributed by atoms with E-state index in [4.69, 9.17) is 0 Å². The van der Waals surface area contributed by atoms with Crippen molar-refractivity contribution in [2.45, 2.75) is 18.1 Å². The zero-order chi connectivity index (χ0) is 17.2. The second kappa shape index (κ2) is 6.76. The summed E-state index contributed by atoms with van der Waals surface area (Å²) >= 11 is 1.50. The van der Waals surface area contributed by atoms with Crippen LogP contribution in [0.5, 0.6) is 0 Å². The lowest BCUT2D eigenvalue weighted by molar-refractivity contribution is -0.116. The molecule has 0 fully saturated rings. The average Bonchev–Trinajstić information content (AvgIpc) is 3.22. The lowest BCUT2D eigenvalue weighted by atomic mass is 10.2. The van der Waals surface area contributed by atoms with E-state index in [1.54, 1.807) is 0 Å². The molecule has 0 saturated heterocycles. The predicted molar refractivity (Wildman–Crippen MR) is 103 cm³/mol. The molecule has 0 N–H and O–H groups in total. The van der Waals surface area contributed by atoms with E-state index in [2.05, 4.69) is 28.3 Å². The highest BCUT2D eigenvalue weighted by atomic mass is 32.2. The number of para-hydroxylation sites is 3. The zero-order valence-corrected chi connectivity index (χ0v) is 14.7. The van der Waals surface area contributed by atoms with Crippen LogP contribution in [-0.2, 0) is 17.8 Å². The number of amides is 1. The standard InChI is InChI=1S/C20H19N3OS/c1-2-12-23-18-10-6-4-8-16(18)21-20(23)25-14-19(24)22-13-11-15-7-3-5-9-17(15)22/h2-10H,1,11-14H2. The number of allylic oxidation sites excluding steroid dienone is 1. The van der Waals surface area contributed by atoms with Crippen molar-refractivity contribution in [1.29, 1.82) is 0 Å². The van der Waals surface area contributed by atoms with E-state index >= 15 is 0 Å². The summed E-state index contributed by atoms with van der Waals surface area (Å²) in [5.41, 5.74) is 4.32. The first-order valence-corrected chi connectivity index (χ1v) is 9.33. The summed E-state index contributed by atoms with van der Waals surface area (Å²) < 4.78 is 2.11. The minimum Gasteiger partial charge on any atom is -0.315 e. The summed E-state index contributed by atoms with van der Waals surface area (Å²) in [7, 11) is 0. The minimum atomic E-state index is 0.132. The Bertz CT molecular complexity index is 947. The Morgan fingerprint density at radius 2 is 2.00 bits per heavy atom. The summed E-state index contributed by atoms with van der Waals surface area (Å²) in [6, 6.07) is 16.2. The summed E-state index contributed by atoms with van der Waals surface area (Å²) in [6.07, 6.45) is 2.79. The molecule has 0 spiro atoms. The third-order valence-corrected chi connectivity index (χ3v) is 5.41. The molecule has 1 aliphatic rings. The maximum absolute atomic E-state index is 12.7. The van der Waals surface area contributed by atoms with E-state index < -0.39 is 0 Å². The molecule has 2 heterocycles. The highest BCUT2D eigenvalue weighted by Crippen LogP contribution is 2.29. The van der Waals surface area contributed by atoms with Crippen LogP contribution in [0.2, 0.25) is 0 Å². The van der Waals surface area contributed by atoms with Gasteiger partial charge < -0.3 is 9.47 Å². The van der Waals surface area contributed by atoms with Crippen molar-refractivity contribution in [2.24, 2.45) is 0 Å². The van der Waals surface area contributed by atoms with Crippen molar-refractivity contribution in [3.05, 3.63) is 66.7 Å². The fraction of sp³-hybridized carbons (Fsp3) is 0.200.